The summed E-state index contributed by atoms with van der Waals surface area (Å²) in [6.07, 6.45) is 2.78. The molecular weight excluding hydrogens is 284 g/mol. The van der Waals surface area contributed by atoms with E-state index in [0.717, 1.165) is 5.57 Å². The SMILES string of the molecule is C=C1C(=O)O[C@@H]2[C@H]3C(C)=CC[C@@H](OC(C)=O)[C@]3(C)CC[C@@]12O. The van der Waals surface area contributed by atoms with Gasteiger partial charge in [0.15, 0.2) is 0 Å². The van der Waals surface area contributed by atoms with Gasteiger partial charge in [-0.15, -0.1) is 0 Å². The van der Waals surface area contributed by atoms with Crippen LogP contribution in [0, 0.1) is 11.3 Å². The zero-order chi connectivity index (χ0) is 16.3. The lowest BCUT2D eigenvalue weighted by Gasteiger charge is -2.54. The molecule has 0 aromatic carbocycles. The third-order valence-electron chi connectivity index (χ3n) is 5.72. The van der Waals surface area contributed by atoms with Crippen LogP contribution in [0.4, 0.5) is 0 Å². The molecule has 0 bridgehead atoms. The van der Waals surface area contributed by atoms with Crippen LogP contribution in [0.5, 0.6) is 0 Å². The van der Waals surface area contributed by atoms with E-state index in [2.05, 4.69) is 13.5 Å². The lowest BCUT2D eigenvalue weighted by Crippen LogP contribution is -2.59. The van der Waals surface area contributed by atoms with Crippen molar-refractivity contribution in [3.63, 3.8) is 0 Å². The first-order valence-corrected chi connectivity index (χ1v) is 7.67. The Bertz CT molecular complexity index is 592. The molecule has 5 atom stereocenters. The molecule has 1 heterocycles. The molecule has 2 aliphatic carbocycles. The summed E-state index contributed by atoms with van der Waals surface area (Å²) < 4.78 is 11.0. The third-order valence-corrected chi connectivity index (χ3v) is 5.72. The number of carbonyl (C=O) groups is 2. The van der Waals surface area contributed by atoms with Crippen LogP contribution in [0.2, 0.25) is 0 Å². The molecule has 1 saturated carbocycles. The van der Waals surface area contributed by atoms with E-state index in [1.807, 2.05) is 13.0 Å². The fraction of sp³-hybridized carbons (Fsp3) is 0.647. The summed E-state index contributed by atoms with van der Waals surface area (Å²) in [5, 5.41) is 10.9. The number of hydrogen-bond acceptors (Lipinski definition) is 5. The van der Waals surface area contributed by atoms with Gasteiger partial charge >= 0.3 is 11.9 Å². The van der Waals surface area contributed by atoms with Crippen molar-refractivity contribution in [2.45, 2.75) is 57.8 Å². The first kappa shape index (κ1) is 15.3. The summed E-state index contributed by atoms with van der Waals surface area (Å²) in [4.78, 5) is 23.3. The van der Waals surface area contributed by atoms with Gasteiger partial charge in [0.2, 0.25) is 0 Å². The van der Waals surface area contributed by atoms with Gasteiger partial charge in [0.1, 0.15) is 17.8 Å². The van der Waals surface area contributed by atoms with Crippen molar-refractivity contribution in [3.8, 4) is 0 Å². The summed E-state index contributed by atoms with van der Waals surface area (Å²) in [6.45, 7) is 9.15. The van der Waals surface area contributed by atoms with Crippen LogP contribution in [0.25, 0.3) is 0 Å². The minimum absolute atomic E-state index is 0.141. The van der Waals surface area contributed by atoms with Gasteiger partial charge in [-0.3, -0.25) is 4.79 Å². The Morgan fingerprint density at radius 2 is 2.18 bits per heavy atom. The second-order valence-electron chi connectivity index (χ2n) is 6.99. The highest BCUT2D eigenvalue weighted by Crippen LogP contribution is 2.58. The Morgan fingerprint density at radius 1 is 1.50 bits per heavy atom. The maximum Gasteiger partial charge on any atom is 0.336 e. The number of esters is 2. The average Bonchev–Trinajstić information content (AvgIpc) is 2.66. The van der Waals surface area contributed by atoms with Crippen LogP contribution in [0.1, 0.15) is 40.0 Å². The van der Waals surface area contributed by atoms with E-state index < -0.39 is 17.7 Å². The van der Waals surface area contributed by atoms with Crippen molar-refractivity contribution >= 4 is 11.9 Å². The molecule has 1 aliphatic heterocycles. The van der Waals surface area contributed by atoms with Crippen molar-refractivity contribution in [2.75, 3.05) is 0 Å². The third kappa shape index (κ3) is 1.88. The van der Waals surface area contributed by atoms with Crippen molar-refractivity contribution in [1.29, 1.82) is 0 Å². The molecule has 3 rings (SSSR count). The monoisotopic (exact) mass is 306 g/mol. The first-order valence-electron chi connectivity index (χ1n) is 7.67. The van der Waals surface area contributed by atoms with Crippen LogP contribution < -0.4 is 0 Å². The zero-order valence-electron chi connectivity index (χ0n) is 13.2. The molecule has 0 amide bonds. The van der Waals surface area contributed by atoms with E-state index in [1.54, 1.807) is 0 Å². The summed E-state index contributed by atoms with van der Waals surface area (Å²) >= 11 is 0. The molecule has 1 N–H and O–H groups in total. The van der Waals surface area contributed by atoms with E-state index in [-0.39, 0.29) is 29.0 Å². The molecule has 0 unspecified atom stereocenters. The lowest BCUT2D eigenvalue weighted by molar-refractivity contribution is -0.181. The molecule has 3 aliphatic rings. The second-order valence-corrected chi connectivity index (χ2v) is 6.99. The number of aliphatic hydroxyl groups is 1. The molecule has 5 heteroatoms. The van der Waals surface area contributed by atoms with E-state index in [0.29, 0.717) is 19.3 Å². The standard InChI is InChI=1S/C17H22O5/c1-9-5-6-12(21-11(3)18)16(4)7-8-17(20)10(2)15(19)22-14(17)13(9)16/h5,12-14,20H,2,6-8H2,1,3-4H3/t12-,13-,14-,16+,17-/m1/s1. The van der Waals surface area contributed by atoms with Crippen LogP contribution in [-0.2, 0) is 19.1 Å². The van der Waals surface area contributed by atoms with Crippen LogP contribution in [0.3, 0.4) is 0 Å². The van der Waals surface area contributed by atoms with Crippen LogP contribution >= 0.6 is 0 Å². The van der Waals surface area contributed by atoms with Crippen LogP contribution in [0.15, 0.2) is 23.8 Å². The minimum atomic E-state index is -1.31. The van der Waals surface area contributed by atoms with Gasteiger partial charge in [0.05, 0.1) is 5.57 Å². The van der Waals surface area contributed by atoms with Crippen molar-refractivity contribution in [2.24, 2.45) is 11.3 Å². The van der Waals surface area contributed by atoms with Gasteiger partial charge in [-0.1, -0.05) is 25.2 Å². The lowest BCUT2D eigenvalue weighted by atomic mass is 9.54. The molecule has 0 aromatic heterocycles. The highest BCUT2D eigenvalue weighted by atomic mass is 16.6. The van der Waals surface area contributed by atoms with E-state index in [1.165, 1.54) is 6.92 Å². The van der Waals surface area contributed by atoms with Gasteiger partial charge in [-0.05, 0) is 19.8 Å². The molecular formula is C17H22O5. The quantitative estimate of drug-likeness (QED) is 0.455. The van der Waals surface area contributed by atoms with Gasteiger partial charge in [0, 0.05) is 24.7 Å². The van der Waals surface area contributed by atoms with Gasteiger partial charge < -0.3 is 14.6 Å². The summed E-state index contributed by atoms with van der Waals surface area (Å²) in [5.74, 6) is -1.02. The fourth-order valence-electron chi connectivity index (χ4n) is 4.42. The number of ether oxygens (including phenoxy) is 2. The Balaban J connectivity index is 2.03. The van der Waals surface area contributed by atoms with Crippen molar-refractivity contribution in [1.82, 2.24) is 0 Å². The molecule has 120 valence electrons. The number of rotatable bonds is 1. The first-order chi connectivity index (χ1) is 10.2. The van der Waals surface area contributed by atoms with E-state index in [4.69, 9.17) is 9.47 Å². The van der Waals surface area contributed by atoms with Crippen LogP contribution in [-0.4, -0.2) is 34.9 Å². The second kappa shape index (κ2) is 4.69. The molecule has 0 spiro atoms. The molecule has 5 nitrogen and oxygen atoms in total. The molecule has 0 radical (unpaired) electrons. The maximum atomic E-state index is 11.9. The Morgan fingerprint density at radius 3 is 2.82 bits per heavy atom. The fourth-order valence-corrected chi connectivity index (χ4v) is 4.42. The number of carbonyl (C=O) groups excluding carboxylic acids is 2. The predicted molar refractivity (Wildman–Crippen MR) is 78.7 cm³/mol. The average molecular weight is 306 g/mol. The largest absolute Gasteiger partial charge is 0.462 e. The highest BCUT2D eigenvalue weighted by molar-refractivity contribution is 5.93. The Kier molecular flexibility index (Phi) is 3.25. The van der Waals surface area contributed by atoms with Crippen molar-refractivity contribution in [3.05, 3.63) is 23.8 Å². The smallest absolute Gasteiger partial charge is 0.336 e. The molecule has 22 heavy (non-hydrogen) atoms. The Labute approximate surface area is 130 Å². The summed E-state index contributed by atoms with van der Waals surface area (Å²) in [5.41, 5.74) is -0.459. The Hall–Kier alpha value is -1.62. The molecule has 1 saturated heterocycles. The topological polar surface area (TPSA) is 72.8 Å². The molecule has 2 fully saturated rings. The minimum Gasteiger partial charge on any atom is -0.462 e. The summed E-state index contributed by atoms with van der Waals surface area (Å²) in [6, 6.07) is 0. The van der Waals surface area contributed by atoms with Gasteiger partial charge in [-0.2, -0.15) is 0 Å². The van der Waals surface area contributed by atoms with Gasteiger partial charge in [0.25, 0.3) is 0 Å². The normalized spacial score (nSPS) is 43.8. The maximum absolute atomic E-state index is 11.9. The van der Waals surface area contributed by atoms with Gasteiger partial charge in [-0.25, -0.2) is 4.79 Å². The summed E-state index contributed by atoms with van der Waals surface area (Å²) in [7, 11) is 0. The van der Waals surface area contributed by atoms with Crippen molar-refractivity contribution < 1.29 is 24.2 Å². The number of fused-ring (bicyclic) bond motifs is 3. The highest BCUT2D eigenvalue weighted by Gasteiger charge is 2.64. The number of hydrogen-bond donors (Lipinski definition) is 1. The molecule has 0 aromatic rings. The predicted octanol–water partition coefficient (Wildman–Crippen LogP) is 1.90. The zero-order valence-corrected chi connectivity index (χ0v) is 13.2. The van der Waals surface area contributed by atoms with E-state index in [9.17, 15) is 14.7 Å². The van der Waals surface area contributed by atoms with E-state index >= 15 is 0 Å².